The molecule has 0 aromatic heterocycles. The van der Waals surface area contributed by atoms with E-state index in [0.29, 0.717) is 0 Å². The molecule has 0 unspecified atom stereocenters. The highest BCUT2D eigenvalue weighted by atomic mass is 79.9. The van der Waals surface area contributed by atoms with Crippen molar-refractivity contribution in [1.29, 1.82) is 0 Å². The predicted molar refractivity (Wildman–Crippen MR) is 73.4 cm³/mol. The molecule has 0 saturated carbocycles. The Morgan fingerprint density at radius 3 is 2.35 bits per heavy atom. The molecule has 0 amide bonds. The van der Waals surface area contributed by atoms with Crippen molar-refractivity contribution in [1.82, 2.24) is 0 Å². The summed E-state index contributed by atoms with van der Waals surface area (Å²) in [6.45, 7) is 6.11. The van der Waals surface area contributed by atoms with Crippen LogP contribution in [0.2, 0.25) is 0 Å². The van der Waals surface area contributed by atoms with Gasteiger partial charge in [-0.1, -0.05) is 40.7 Å². The van der Waals surface area contributed by atoms with Crippen LogP contribution in [0.4, 0.5) is 4.39 Å². The van der Waals surface area contributed by atoms with Gasteiger partial charge < -0.3 is 0 Å². The molecule has 0 fully saturated rings. The molecule has 0 bridgehead atoms. The third-order valence-electron chi connectivity index (χ3n) is 2.71. The van der Waals surface area contributed by atoms with Gasteiger partial charge in [0.2, 0.25) is 0 Å². The van der Waals surface area contributed by atoms with E-state index >= 15 is 0 Å². The first-order valence-electron chi connectivity index (χ1n) is 5.29. The monoisotopic (exact) mass is 290 g/mol. The quantitative estimate of drug-likeness (QED) is 0.733. The molecule has 0 aliphatic rings. The zero-order chi connectivity index (χ0) is 12.4. The molecule has 2 rings (SSSR count). The fourth-order valence-electron chi connectivity index (χ4n) is 1.77. The number of rotatable bonds is 2. The Balaban J connectivity index is 2.40. The normalized spacial score (nSPS) is 10.3. The maximum absolute atomic E-state index is 12.8. The lowest BCUT2D eigenvalue weighted by Gasteiger charge is -2.10. The van der Waals surface area contributed by atoms with Gasteiger partial charge in [0.05, 0.1) is 0 Å². The van der Waals surface area contributed by atoms with Crippen LogP contribution in [0.5, 0.6) is 0 Å². The second-order valence-electron chi connectivity index (χ2n) is 3.94. The van der Waals surface area contributed by atoms with Crippen molar-refractivity contribution in [2.75, 3.05) is 0 Å². The van der Waals surface area contributed by atoms with Crippen LogP contribution in [0.3, 0.4) is 0 Å². The number of halogens is 2. The molecule has 17 heavy (non-hydrogen) atoms. The van der Waals surface area contributed by atoms with Gasteiger partial charge in [0, 0.05) is 4.47 Å². The minimum atomic E-state index is -0.228. The average molecular weight is 291 g/mol. The zero-order valence-electron chi connectivity index (χ0n) is 9.50. The van der Waals surface area contributed by atoms with Gasteiger partial charge in [-0.2, -0.15) is 0 Å². The van der Waals surface area contributed by atoms with Crippen LogP contribution in [0, 0.1) is 12.7 Å². The molecular formula is C15H12BrF. The van der Waals surface area contributed by atoms with Gasteiger partial charge >= 0.3 is 0 Å². The molecule has 0 nitrogen and oxygen atoms in total. The summed E-state index contributed by atoms with van der Waals surface area (Å²) >= 11 is 3.43. The van der Waals surface area contributed by atoms with Gasteiger partial charge in [0.15, 0.2) is 0 Å². The van der Waals surface area contributed by atoms with Gasteiger partial charge in [-0.15, -0.1) is 0 Å². The third-order valence-corrected chi connectivity index (χ3v) is 3.20. The maximum atomic E-state index is 12.8. The fourth-order valence-corrected chi connectivity index (χ4v) is 2.25. The average Bonchev–Trinajstić information content (AvgIpc) is 2.29. The maximum Gasteiger partial charge on any atom is 0.123 e. The molecule has 0 radical (unpaired) electrons. The highest BCUT2D eigenvalue weighted by Gasteiger charge is 2.06. The number of aryl methyl sites for hydroxylation is 1. The van der Waals surface area contributed by atoms with Crippen LogP contribution < -0.4 is 0 Å². The number of benzene rings is 2. The molecule has 0 aliphatic carbocycles. The molecule has 0 spiro atoms. The van der Waals surface area contributed by atoms with E-state index in [1.165, 1.54) is 12.1 Å². The standard InChI is InChI=1S/C15H12BrF/c1-10-9-13(16)5-8-15(10)11(2)12-3-6-14(17)7-4-12/h3-9H,2H2,1H3. The van der Waals surface area contributed by atoms with Crippen molar-refractivity contribution in [2.24, 2.45) is 0 Å². The van der Waals surface area contributed by atoms with Crippen molar-refractivity contribution in [3.8, 4) is 0 Å². The van der Waals surface area contributed by atoms with Gasteiger partial charge in [-0.05, 0) is 53.5 Å². The van der Waals surface area contributed by atoms with Crippen molar-refractivity contribution < 1.29 is 4.39 Å². The summed E-state index contributed by atoms with van der Waals surface area (Å²) in [5.74, 6) is -0.228. The Morgan fingerprint density at radius 1 is 1.12 bits per heavy atom. The molecule has 86 valence electrons. The molecule has 2 aromatic rings. The molecule has 0 heterocycles. The molecule has 0 saturated heterocycles. The Hall–Kier alpha value is -1.41. The molecule has 2 aromatic carbocycles. The summed E-state index contributed by atoms with van der Waals surface area (Å²) in [6, 6.07) is 12.5. The van der Waals surface area contributed by atoms with Gasteiger partial charge in [0.1, 0.15) is 5.82 Å². The van der Waals surface area contributed by atoms with Crippen LogP contribution in [0.15, 0.2) is 53.5 Å². The highest BCUT2D eigenvalue weighted by Crippen LogP contribution is 2.26. The first-order chi connectivity index (χ1) is 8.08. The summed E-state index contributed by atoms with van der Waals surface area (Å²) in [5.41, 5.74) is 4.08. The SMILES string of the molecule is C=C(c1ccc(F)cc1)c1ccc(Br)cc1C. The van der Waals surface area contributed by atoms with Gasteiger partial charge in [-0.25, -0.2) is 4.39 Å². The van der Waals surface area contributed by atoms with Crippen molar-refractivity contribution in [3.05, 3.63) is 76.0 Å². The summed E-state index contributed by atoms with van der Waals surface area (Å²) in [7, 11) is 0. The molecule has 2 heteroatoms. The second kappa shape index (κ2) is 4.84. The lowest BCUT2D eigenvalue weighted by molar-refractivity contribution is 0.627. The minimum Gasteiger partial charge on any atom is -0.207 e. The van der Waals surface area contributed by atoms with Gasteiger partial charge in [0.25, 0.3) is 0 Å². The summed E-state index contributed by atoms with van der Waals surface area (Å²) in [6.07, 6.45) is 0. The van der Waals surface area contributed by atoms with Crippen LogP contribution in [0.25, 0.3) is 5.57 Å². The Kier molecular flexibility index (Phi) is 3.43. The highest BCUT2D eigenvalue weighted by molar-refractivity contribution is 9.10. The molecular weight excluding hydrogens is 279 g/mol. The Bertz CT molecular complexity index is 556. The van der Waals surface area contributed by atoms with Crippen molar-refractivity contribution >= 4 is 21.5 Å². The largest absolute Gasteiger partial charge is 0.207 e. The Labute approximate surface area is 109 Å². The molecule has 0 atom stereocenters. The first kappa shape index (κ1) is 12.1. The van der Waals surface area contributed by atoms with Crippen molar-refractivity contribution in [3.63, 3.8) is 0 Å². The first-order valence-corrected chi connectivity index (χ1v) is 6.08. The molecule has 0 N–H and O–H groups in total. The minimum absolute atomic E-state index is 0.228. The fraction of sp³-hybridized carbons (Fsp3) is 0.0667. The van der Waals surface area contributed by atoms with E-state index in [4.69, 9.17) is 0 Å². The van der Waals surface area contributed by atoms with E-state index in [-0.39, 0.29) is 5.82 Å². The third kappa shape index (κ3) is 2.64. The lowest BCUT2D eigenvalue weighted by Crippen LogP contribution is -1.90. The van der Waals surface area contributed by atoms with E-state index in [1.807, 2.05) is 25.1 Å². The number of hydrogen-bond donors (Lipinski definition) is 0. The zero-order valence-corrected chi connectivity index (χ0v) is 11.1. The molecule has 0 aliphatic heterocycles. The van der Waals surface area contributed by atoms with Crippen molar-refractivity contribution in [2.45, 2.75) is 6.92 Å². The van der Waals surface area contributed by atoms with Crippen LogP contribution in [-0.4, -0.2) is 0 Å². The van der Waals surface area contributed by atoms with E-state index in [0.717, 1.165) is 26.7 Å². The second-order valence-corrected chi connectivity index (χ2v) is 4.86. The van der Waals surface area contributed by atoms with E-state index < -0.39 is 0 Å². The van der Waals surface area contributed by atoms with E-state index in [9.17, 15) is 4.39 Å². The van der Waals surface area contributed by atoms with Crippen LogP contribution in [0.1, 0.15) is 16.7 Å². The van der Waals surface area contributed by atoms with Gasteiger partial charge in [-0.3, -0.25) is 0 Å². The smallest absolute Gasteiger partial charge is 0.123 e. The topological polar surface area (TPSA) is 0 Å². The summed E-state index contributed by atoms with van der Waals surface area (Å²) < 4.78 is 13.9. The predicted octanol–water partition coefficient (Wildman–Crippen LogP) is 4.96. The lowest BCUT2D eigenvalue weighted by atomic mass is 9.96. The van der Waals surface area contributed by atoms with Crippen LogP contribution in [-0.2, 0) is 0 Å². The number of hydrogen-bond acceptors (Lipinski definition) is 0. The Morgan fingerprint density at radius 2 is 1.76 bits per heavy atom. The van der Waals surface area contributed by atoms with E-state index in [2.05, 4.69) is 22.5 Å². The summed E-state index contributed by atoms with van der Waals surface area (Å²) in [4.78, 5) is 0. The summed E-state index contributed by atoms with van der Waals surface area (Å²) in [5, 5.41) is 0. The van der Waals surface area contributed by atoms with Crippen LogP contribution >= 0.6 is 15.9 Å². The van der Waals surface area contributed by atoms with E-state index in [1.54, 1.807) is 12.1 Å².